The molecule has 0 spiro atoms. The Balaban J connectivity index is 2.99. The summed E-state index contributed by atoms with van der Waals surface area (Å²) in [6.07, 6.45) is 0. The van der Waals surface area contributed by atoms with Crippen molar-refractivity contribution in [3.8, 4) is 6.07 Å². The van der Waals surface area contributed by atoms with Crippen molar-refractivity contribution in [1.29, 1.82) is 5.26 Å². The van der Waals surface area contributed by atoms with Gasteiger partial charge in [0.05, 0.1) is 18.2 Å². The van der Waals surface area contributed by atoms with E-state index in [1.165, 1.54) is 6.07 Å². The number of nitrogens with one attached hydrogen (secondary N) is 1. The molecular formula is C11H13ClN4O. The second-order valence-electron chi connectivity index (χ2n) is 3.34. The number of hydrogen-bond acceptors (Lipinski definition) is 4. The van der Waals surface area contributed by atoms with E-state index in [2.05, 4.69) is 10.3 Å². The van der Waals surface area contributed by atoms with Crippen molar-refractivity contribution < 1.29 is 4.79 Å². The maximum Gasteiger partial charge on any atom is 0.239 e. The predicted molar refractivity (Wildman–Crippen MR) is 65.9 cm³/mol. The van der Waals surface area contributed by atoms with Gasteiger partial charge in [0.25, 0.3) is 0 Å². The maximum absolute atomic E-state index is 11.3. The minimum absolute atomic E-state index is 0.118. The van der Waals surface area contributed by atoms with Gasteiger partial charge in [0.1, 0.15) is 11.0 Å². The molecule has 0 fully saturated rings. The van der Waals surface area contributed by atoms with Gasteiger partial charge in [-0.2, -0.15) is 5.26 Å². The van der Waals surface area contributed by atoms with Gasteiger partial charge in [0.15, 0.2) is 0 Å². The highest BCUT2D eigenvalue weighted by molar-refractivity contribution is 6.29. The predicted octanol–water partition coefficient (Wildman–Crippen LogP) is 1.18. The van der Waals surface area contributed by atoms with E-state index in [-0.39, 0.29) is 17.6 Å². The Morgan fingerprint density at radius 1 is 1.65 bits per heavy atom. The molecule has 1 N–H and O–H groups in total. The molecule has 0 aliphatic heterocycles. The summed E-state index contributed by atoms with van der Waals surface area (Å²) in [4.78, 5) is 17.2. The zero-order valence-corrected chi connectivity index (χ0v) is 10.5. The maximum atomic E-state index is 11.3. The Morgan fingerprint density at radius 3 is 2.88 bits per heavy atom. The topological polar surface area (TPSA) is 69.0 Å². The third kappa shape index (κ3) is 3.61. The van der Waals surface area contributed by atoms with Crippen LogP contribution in [0.15, 0.2) is 12.1 Å². The normalized spacial score (nSPS) is 9.53. The number of carbonyl (C=O) groups excluding carboxylic acids is 1. The molecule has 0 aliphatic carbocycles. The van der Waals surface area contributed by atoms with E-state index in [1.807, 2.05) is 13.0 Å². The molecule has 0 aliphatic rings. The SMILES string of the molecule is CCN(CC(=O)NC)c1cc(C#N)cc(Cl)n1. The molecule has 0 saturated heterocycles. The van der Waals surface area contributed by atoms with Crippen LogP contribution < -0.4 is 10.2 Å². The molecule has 5 nitrogen and oxygen atoms in total. The van der Waals surface area contributed by atoms with Crippen molar-refractivity contribution in [2.24, 2.45) is 0 Å². The quantitative estimate of drug-likeness (QED) is 0.817. The largest absolute Gasteiger partial charge is 0.358 e. The Hall–Kier alpha value is -1.80. The zero-order chi connectivity index (χ0) is 12.8. The first-order chi connectivity index (χ1) is 8.10. The van der Waals surface area contributed by atoms with E-state index >= 15 is 0 Å². The molecule has 1 aromatic rings. The summed E-state index contributed by atoms with van der Waals surface area (Å²) in [7, 11) is 1.57. The third-order valence-corrected chi connectivity index (χ3v) is 2.42. The minimum atomic E-state index is -0.118. The monoisotopic (exact) mass is 252 g/mol. The van der Waals surface area contributed by atoms with Gasteiger partial charge >= 0.3 is 0 Å². The van der Waals surface area contributed by atoms with E-state index in [4.69, 9.17) is 16.9 Å². The first-order valence-electron chi connectivity index (χ1n) is 5.14. The minimum Gasteiger partial charge on any atom is -0.358 e. The lowest BCUT2D eigenvalue weighted by Crippen LogP contribution is -2.36. The number of aromatic nitrogens is 1. The lowest BCUT2D eigenvalue weighted by molar-refractivity contribution is -0.119. The molecule has 0 radical (unpaired) electrons. The van der Waals surface area contributed by atoms with Crippen LogP contribution in [0, 0.1) is 11.3 Å². The Labute approximate surface area is 105 Å². The number of carbonyl (C=O) groups is 1. The standard InChI is InChI=1S/C11H13ClN4O/c1-3-16(7-11(17)14-2)10-5-8(6-13)4-9(12)15-10/h4-5H,3,7H2,1-2H3,(H,14,17). The van der Waals surface area contributed by atoms with E-state index < -0.39 is 0 Å². The van der Waals surface area contributed by atoms with Crippen molar-refractivity contribution in [2.45, 2.75) is 6.92 Å². The molecule has 1 aromatic heterocycles. The highest BCUT2D eigenvalue weighted by atomic mass is 35.5. The van der Waals surface area contributed by atoms with Gasteiger partial charge < -0.3 is 10.2 Å². The van der Waals surface area contributed by atoms with E-state index in [9.17, 15) is 4.79 Å². The highest BCUT2D eigenvalue weighted by Gasteiger charge is 2.11. The van der Waals surface area contributed by atoms with Crippen LogP contribution in [0.25, 0.3) is 0 Å². The van der Waals surface area contributed by atoms with Gasteiger partial charge in [-0.3, -0.25) is 4.79 Å². The number of rotatable bonds is 4. The summed E-state index contributed by atoms with van der Waals surface area (Å²) in [5.41, 5.74) is 0.426. The fourth-order valence-electron chi connectivity index (χ4n) is 1.32. The first-order valence-corrected chi connectivity index (χ1v) is 5.51. The molecular weight excluding hydrogens is 240 g/mol. The van der Waals surface area contributed by atoms with Crippen LogP contribution in [0.3, 0.4) is 0 Å². The van der Waals surface area contributed by atoms with E-state index in [0.717, 1.165) is 0 Å². The Kier molecular flexibility index (Phi) is 4.73. The van der Waals surface area contributed by atoms with Crippen LogP contribution >= 0.6 is 11.6 Å². The number of pyridine rings is 1. The van der Waals surface area contributed by atoms with Gasteiger partial charge in [0, 0.05) is 13.6 Å². The van der Waals surface area contributed by atoms with Crippen molar-refractivity contribution in [3.63, 3.8) is 0 Å². The molecule has 1 rings (SSSR count). The number of likely N-dealkylation sites (N-methyl/N-ethyl adjacent to an activating group) is 2. The average Bonchev–Trinajstić information content (AvgIpc) is 2.34. The second-order valence-corrected chi connectivity index (χ2v) is 3.72. The summed E-state index contributed by atoms with van der Waals surface area (Å²) >= 11 is 5.81. The van der Waals surface area contributed by atoms with Gasteiger partial charge in [-0.15, -0.1) is 0 Å². The molecule has 0 atom stereocenters. The number of amides is 1. The van der Waals surface area contributed by atoms with Crippen LogP contribution in [0.2, 0.25) is 5.15 Å². The highest BCUT2D eigenvalue weighted by Crippen LogP contribution is 2.17. The summed E-state index contributed by atoms with van der Waals surface area (Å²) in [6.45, 7) is 2.69. The molecule has 1 heterocycles. The molecule has 0 unspecified atom stereocenters. The summed E-state index contributed by atoms with van der Waals surface area (Å²) in [5, 5.41) is 11.6. The molecule has 0 saturated carbocycles. The number of nitrogens with zero attached hydrogens (tertiary/aromatic N) is 3. The zero-order valence-electron chi connectivity index (χ0n) is 9.70. The molecule has 6 heteroatoms. The van der Waals surface area contributed by atoms with Crippen LogP contribution in [0.1, 0.15) is 12.5 Å². The van der Waals surface area contributed by atoms with E-state index in [1.54, 1.807) is 18.0 Å². The van der Waals surface area contributed by atoms with Crippen molar-refractivity contribution in [3.05, 3.63) is 22.8 Å². The summed E-state index contributed by atoms with van der Waals surface area (Å²) in [6, 6.07) is 5.10. The first kappa shape index (κ1) is 13.3. The molecule has 17 heavy (non-hydrogen) atoms. The smallest absolute Gasteiger partial charge is 0.239 e. The molecule has 90 valence electrons. The number of halogens is 1. The second kappa shape index (κ2) is 6.06. The third-order valence-electron chi connectivity index (χ3n) is 2.23. The fourth-order valence-corrected chi connectivity index (χ4v) is 1.52. The van der Waals surface area contributed by atoms with Crippen LogP contribution in [0.4, 0.5) is 5.82 Å². The van der Waals surface area contributed by atoms with Gasteiger partial charge in [-0.25, -0.2) is 4.98 Å². The molecule has 0 bridgehead atoms. The van der Waals surface area contributed by atoms with Crippen molar-refractivity contribution >= 4 is 23.3 Å². The fraction of sp³-hybridized carbons (Fsp3) is 0.364. The number of anilines is 1. The van der Waals surface area contributed by atoms with Crippen molar-refractivity contribution in [1.82, 2.24) is 10.3 Å². The molecule has 1 amide bonds. The molecule has 0 aromatic carbocycles. The Morgan fingerprint density at radius 2 is 2.35 bits per heavy atom. The van der Waals surface area contributed by atoms with Crippen LogP contribution in [-0.2, 0) is 4.79 Å². The summed E-state index contributed by atoms with van der Waals surface area (Å²) < 4.78 is 0. The lowest BCUT2D eigenvalue weighted by Gasteiger charge is -2.21. The number of hydrogen-bond donors (Lipinski definition) is 1. The van der Waals surface area contributed by atoms with Crippen LogP contribution in [-0.4, -0.2) is 31.0 Å². The summed E-state index contributed by atoms with van der Waals surface area (Å²) in [5.74, 6) is 0.410. The average molecular weight is 253 g/mol. The number of nitriles is 1. The van der Waals surface area contributed by atoms with Gasteiger partial charge in [-0.05, 0) is 19.1 Å². The van der Waals surface area contributed by atoms with Gasteiger partial charge in [0.2, 0.25) is 5.91 Å². The van der Waals surface area contributed by atoms with Gasteiger partial charge in [-0.1, -0.05) is 11.6 Å². The van der Waals surface area contributed by atoms with Crippen molar-refractivity contribution in [2.75, 3.05) is 25.0 Å². The lowest BCUT2D eigenvalue weighted by atomic mass is 10.3. The van der Waals surface area contributed by atoms with Crippen LogP contribution in [0.5, 0.6) is 0 Å². The van der Waals surface area contributed by atoms with E-state index in [0.29, 0.717) is 17.9 Å². The Bertz CT molecular complexity index is 455.